The molecule has 1 atom stereocenters. The van der Waals surface area contributed by atoms with Gasteiger partial charge >= 0.3 is 0 Å². The van der Waals surface area contributed by atoms with E-state index in [-0.39, 0.29) is 17.5 Å². The molecule has 0 saturated carbocycles. The van der Waals surface area contributed by atoms with Crippen LogP contribution in [0.3, 0.4) is 0 Å². The van der Waals surface area contributed by atoms with E-state index in [2.05, 4.69) is 6.07 Å². The van der Waals surface area contributed by atoms with E-state index in [1.807, 2.05) is 18.2 Å². The third-order valence-electron chi connectivity index (χ3n) is 5.26. The van der Waals surface area contributed by atoms with Crippen molar-refractivity contribution in [2.24, 2.45) is 0 Å². The van der Waals surface area contributed by atoms with Gasteiger partial charge in [0.2, 0.25) is 0 Å². The van der Waals surface area contributed by atoms with Crippen molar-refractivity contribution in [2.45, 2.75) is 25.9 Å². The number of carbonyl (C=O) groups excluding carboxylic acids is 2. The number of amides is 1. The molecule has 1 amide bonds. The monoisotopic (exact) mass is 403 g/mol. The maximum Gasteiger partial charge on any atom is 0.267 e. The van der Waals surface area contributed by atoms with Crippen molar-refractivity contribution in [3.63, 3.8) is 0 Å². The van der Waals surface area contributed by atoms with E-state index >= 15 is 0 Å². The molecule has 5 heteroatoms. The van der Waals surface area contributed by atoms with Crippen LogP contribution in [-0.2, 0) is 11.2 Å². The molecular weight excluding hydrogens is 381 g/mol. The minimum Gasteiger partial charge on any atom is -0.481 e. The number of carbonyl (C=O) groups is 2. The number of fused-ring (bicyclic) bond motifs is 1. The Balaban J connectivity index is 1.44. The number of nitrogens with zero attached hydrogens (tertiary/aromatic N) is 1. The third-order valence-corrected chi connectivity index (χ3v) is 5.26. The fourth-order valence-electron chi connectivity index (χ4n) is 3.69. The number of hydrogen-bond donors (Lipinski definition) is 0. The van der Waals surface area contributed by atoms with Gasteiger partial charge in [0.15, 0.2) is 11.9 Å². The molecule has 4 rings (SSSR count). The number of ketones is 1. The lowest BCUT2D eigenvalue weighted by atomic mass is 10.0. The maximum atomic E-state index is 13.0. The van der Waals surface area contributed by atoms with Gasteiger partial charge in [0.1, 0.15) is 11.6 Å². The lowest BCUT2D eigenvalue weighted by Gasteiger charge is -2.31. The second-order valence-corrected chi connectivity index (χ2v) is 7.34. The zero-order valence-corrected chi connectivity index (χ0v) is 16.7. The zero-order valence-electron chi connectivity index (χ0n) is 16.7. The Bertz CT molecular complexity index is 1060. The van der Waals surface area contributed by atoms with Gasteiger partial charge in [-0.2, -0.15) is 0 Å². The van der Waals surface area contributed by atoms with E-state index in [1.165, 1.54) is 29.8 Å². The summed E-state index contributed by atoms with van der Waals surface area (Å²) in [6, 6.07) is 20.0. The van der Waals surface area contributed by atoms with Gasteiger partial charge in [0, 0.05) is 23.4 Å². The number of para-hydroxylation sites is 1. The standard InChI is InChI=1S/C25H22FNO3/c1-17(25(29)27-16-4-6-18-5-2-3-7-23(18)27)30-22-14-10-20(11-15-22)24(28)19-8-12-21(26)13-9-19/h2-3,5,7-15,17H,4,6,16H2,1H3/t17-/m0/s1. The van der Waals surface area contributed by atoms with Gasteiger partial charge in [0.25, 0.3) is 5.91 Å². The predicted octanol–water partition coefficient (Wildman–Crippen LogP) is 4.80. The lowest BCUT2D eigenvalue weighted by molar-refractivity contribution is -0.124. The molecular formula is C25H22FNO3. The molecule has 4 nitrogen and oxygen atoms in total. The molecule has 0 aliphatic carbocycles. The third kappa shape index (κ3) is 4.10. The quantitative estimate of drug-likeness (QED) is 0.575. The summed E-state index contributed by atoms with van der Waals surface area (Å²) in [6.45, 7) is 2.41. The molecule has 1 aliphatic heterocycles. The van der Waals surface area contributed by atoms with E-state index in [0.717, 1.165) is 18.5 Å². The molecule has 152 valence electrons. The Labute approximate surface area is 174 Å². The van der Waals surface area contributed by atoms with Crippen molar-refractivity contribution in [3.05, 3.63) is 95.3 Å². The average Bonchev–Trinajstić information content (AvgIpc) is 2.78. The lowest BCUT2D eigenvalue weighted by Crippen LogP contribution is -2.43. The molecule has 3 aromatic rings. The van der Waals surface area contributed by atoms with E-state index < -0.39 is 6.10 Å². The van der Waals surface area contributed by atoms with Crippen molar-refractivity contribution >= 4 is 17.4 Å². The molecule has 0 bridgehead atoms. The van der Waals surface area contributed by atoms with Crippen LogP contribution in [-0.4, -0.2) is 24.3 Å². The van der Waals surface area contributed by atoms with Gasteiger partial charge in [-0.15, -0.1) is 0 Å². The van der Waals surface area contributed by atoms with Crippen LogP contribution in [0.25, 0.3) is 0 Å². The second kappa shape index (κ2) is 8.49. The van der Waals surface area contributed by atoms with Gasteiger partial charge < -0.3 is 9.64 Å². The predicted molar refractivity (Wildman–Crippen MR) is 113 cm³/mol. The first-order valence-corrected chi connectivity index (χ1v) is 9.99. The summed E-state index contributed by atoms with van der Waals surface area (Å²) in [6.07, 6.45) is 1.24. The van der Waals surface area contributed by atoms with E-state index in [4.69, 9.17) is 4.74 Å². The van der Waals surface area contributed by atoms with Crippen LogP contribution in [0.1, 0.15) is 34.8 Å². The molecule has 30 heavy (non-hydrogen) atoms. The van der Waals surface area contributed by atoms with Crippen LogP contribution >= 0.6 is 0 Å². The van der Waals surface area contributed by atoms with Crippen LogP contribution in [0, 0.1) is 5.82 Å². The highest BCUT2D eigenvalue weighted by molar-refractivity contribution is 6.09. The molecule has 0 saturated heterocycles. The molecule has 0 unspecified atom stereocenters. The first-order valence-electron chi connectivity index (χ1n) is 9.99. The Hall–Kier alpha value is -3.47. The summed E-state index contributed by atoms with van der Waals surface area (Å²) in [7, 11) is 0. The molecule has 3 aromatic carbocycles. The Morgan fingerprint density at radius 3 is 2.27 bits per heavy atom. The molecule has 0 fully saturated rings. The van der Waals surface area contributed by atoms with Crippen molar-refractivity contribution in [3.8, 4) is 5.75 Å². The molecule has 1 heterocycles. The zero-order chi connectivity index (χ0) is 21.1. The summed E-state index contributed by atoms with van der Waals surface area (Å²) in [5, 5.41) is 0. The number of rotatable bonds is 5. The van der Waals surface area contributed by atoms with Crippen LogP contribution < -0.4 is 9.64 Å². The minimum absolute atomic E-state index is 0.0892. The summed E-state index contributed by atoms with van der Waals surface area (Å²) in [5.41, 5.74) is 3.01. The van der Waals surface area contributed by atoms with Gasteiger partial charge in [-0.3, -0.25) is 9.59 Å². The smallest absolute Gasteiger partial charge is 0.267 e. The first kappa shape index (κ1) is 19.8. The second-order valence-electron chi connectivity index (χ2n) is 7.34. The first-order chi connectivity index (χ1) is 14.5. The SMILES string of the molecule is C[C@H](Oc1ccc(C(=O)c2ccc(F)cc2)cc1)C(=O)N1CCCc2ccccc21. The average molecular weight is 403 g/mol. The van der Waals surface area contributed by atoms with Crippen molar-refractivity contribution in [2.75, 3.05) is 11.4 Å². The van der Waals surface area contributed by atoms with Gasteiger partial charge in [-0.1, -0.05) is 18.2 Å². The molecule has 0 spiro atoms. The molecule has 0 radical (unpaired) electrons. The van der Waals surface area contributed by atoms with E-state index in [0.29, 0.717) is 23.4 Å². The van der Waals surface area contributed by atoms with Crippen LogP contribution in [0.2, 0.25) is 0 Å². The Morgan fingerprint density at radius 2 is 1.57 bits per heavy atom. The van der Waals surface area contributed by atoms with Gasteiger partial charge in [0.05, 0.1) is 0 Å². The summed E-state index contributed by atoms with van der Waals surface area (Å²) in [4.78, 5) is 27.3. The fourth-order valence-corrected chi connectivity index (χ4v) is 3.69. The van der Waals surface area contributed by atoms with Gasteiger partial charge in [-0.05, 0) is 79.9 Å². The normalized spacial score (nSPS) is 14.0. The van der Waals surface area contributed by atoms with Crippen molar-refractivity contribution < 1.29 is 18.7 Å². The highest BCUT2D eigenvalue weighted by Gasteiger charge is 2.27. The fraction of sp³-hybridized carbons (Fsp3) is 0.200. The van der Waals surface area contributed by atoms with E-state index in [1.54, 1.807) is 36.1 Å². The van der Waals surface area contributed by atoms with Crippen LogP contribution in [0.5, 0.6) is 5.75 Å². The Morgan fingerprint density at radius 1 is 0.933 bits per heavy atom. The number of aryl methyl sites for hydroxylation is 1. The molecule has 0 aromatic heterocycles. The topological polar surface area (TPSA) is 46.6 Å². The van der Waals surface area contributed by atoms with Crippen LogP contribution in [0.4, 0.5) is 10.1 Å². The van der Waals surface area contributed by atoms with E-state index in [9.17, 15) is 14.0 Å². The number of ether oxygens (including phenoxy) is 1. The number of hydrogen-bond acceptors (Lipinski definition) is 3. The minimum atomic E-state index is -0.658. The van der Waals surface area contributed by atoms with Crippen molar-refractivity contribution in [1.82, 2.24) is 0 Å². The number of benzene rings is 3. The van der Waals surface area contributed by atoms with Gasteiger partial charge in [-0.25, -0.2) is 4.39 Å². The summed E-state index contributed by atoms with van der Waals surface area (Å²) in [5.74, 6) is -0.161. The highest BCUT2D eigenvalue weighted by atomic mass is 19.1. The number of anilines is 1. The summed E-state index contributed by atoms with van der Waals surface area (Å²) >= 11 is 0. The number of halogens is 1. The highest BCUT2D eigenvalue weighted by Crippen LogP contribution is 2.28. The van der Waals surface area contributed by atoms with Crippen LogP contribution in [0.15, 0.2) is 72.8 Å². The Kier molecular flexibility index (Phi) is 5.61. The largest absolute Gasteiger partial charge is 0.481 e. The molecule has 1 aliphatic rings. The summed E-state index contributed by atoms with van der Waals surface area (Å²) < 4.78 is 18.9. The van der Waals surface area contributed by atoms with Crippen molar-refractivity contribution in [1.29, 1.82) is 0 Å². The molecule has 0 N–H and O–H groups in total. The maximum absolute atomic E-state index is 13.0.